The molecule has 0 amide bonds. The number of carboxylic acid groups (broad SMARTS) is 1. The molecule has 0 aliphatic heterocycles. The molecule has 12 heavy (non-hydrogen) atoms. The Morgan fingerprint density at radius 1 is 1.33 bits per heavy atom. The van der Waals surface area contributed by atoms with Gasteiger partial charge in [-0.15, -0.1) is 0 Å². The number of hydrogen-bond donors (Lipinski definition) is 4. The van der Waals surface area contributed by atoms with Crippen molar-refractivity contribution in [3.05, 3.63) is 0 Å². The number of carboxylic acids is 1. The van der Waals surface area contributed by atoms with E-state index >= 15 is 0 Å². The Hall–Kier alpha value is -0.260. The second-order valence-corrected chi connectivity index (χ2v) is 2.78. The predicted molar refractivity (Wildman–Crippen MR) is 44.4 cm³/mol. The van der Waals surface area contributed by atoms with Crippen molar-refractivity contribution in [2.45, 2.75) is 13.0 Å². The normalized spacial score (nSPS) is 12.3. The summed E-state index contributed by atoms with van der Waals surface area (Å²) in [6.45, 7) is 1.64. The van der Waals surface area contributed by atoms with Crippen molar-refractivity contribution < 1.29 is 24.6 Å². The van der Waals surface area contributed by atoms with Gasteiger partial charge in [0.25, 0.3) is 0 Å². The van der Waals surface area contributed by atoms with Crippen LogP contribution in [-0.4, -0.2) is 50.8 Å². The zero-order valence-electron chi connectivity index (χ0n) is 7.17. The van der Waals surface area contributed by atoms with Crippen LogP contribution in [-0.2, 0) is 4.79 Å². The average molecular weight is 199 g/mol. The minimum absolute atomic E-state index is 0.380. The van der Waals surface area contributed by atoms with Crippen LogP contribution < -0.4 is 0 Å². The Morgan fingerprint density at radius 3 is 1.58 bits per heavy atom. The first-order chi connectivity index (χ1) is 5.29. The number of rotatable bonds is 2. The predicted octanol–water partition coefficient (Wildman–Crippen LogP) is -0.789. The lowest BCUT2D eigenvalue weighted by Crippen LogP contribution is -2.32. The largest absolute Gasteiger partial charge is 0.480 e. The third-order valence-corrected chi connectivity index (χ3v) is 1.13. The Morgan fingerprint density at radius 2 is 1.58 bits per heavy atom. The summed E-state index contributed by atoms with van der Waals surface area (Å²) >= 11 is 0. The molecule has 74 valence electrons. The van der Waals surface area contributed by atoms with E-state index in [4.69, 9.17) is 19.8 Å². The van der Waals surface area contributed by atoms with Crippen LogP contribution >= 0.6 is 8.60 Å². The van der Waals surface area contributed by atoms with Crippen LogP contribution in [0.1, 0.15) is 6.92 Å². The van der Waals surface area contributed by atoms with E-state index in [9.17, 15) is 4.79 Å². The van der Waals surface area contributed by atoms with Gasteiger partial charge in [0.2, 0.25) is 0 Å². The summed E-state index contributed by atoms with van der Waals surface area (Å²) in [7, 11) is 0.849. The van der Waals surface area contributed by atoms with Crippen LogP contribution in [0.15, 0.2) is 0 Å². The molecule has 0 aromatic carbocycles. The van der Waals surface area contributed by atoms with E-state index in [-0.39, 0.29) is 6.04 Å². The standard InChI is InChI=1S/C5H11NO2.H3O3P/c1-4(5(7)8)6(2)3;1-4(2)3/h4H,1-3H3,(H,7,8);1-3H. The molecule has 0 aliphatic carbocycles. The van der Waals surface area contributed by atoms with Crippen LogP contribution in [0.3, 0.4) is 0 Å². The van der Waals surface area contributed by atoms with Gasteiger partial charge in [0.15, 0.2) is 0 Å². The van der Waals surface area contributed by atoms with E-state index in [2.05, 4.69) is 0 Å². The highest BCUT2D eigenvalue weighted by atomic mass is 31.2. The molecule has 0 aromatic heterocycles. The minimum Gasteiger partial charge on any atom is -0.480 e. The maximum atomic E-state index is 10.1. The van der Waals surface area contributed by atoms with Crippen molar-refractivity contribution in [3.63, 3.8) is 0 Å². The summed E-state index contributed by atoms with van der Waals surface area (Å²) in [6.07, 6.45) is 0. The molecule has 1 atom stereocenters. The topological polar surface area (TPSA) is 101 Å². The lowest BCUT2D eigenvalue weighted by atomic mass is 10.3. The first kappa shape index (κ1) is 14.3. The molecular weight excluding hydrogens is 185 g/mol. The number of aliphatic carboxylic acids is 1. The summed E-state index contributed by atoms with van der Waals surface area (Å²) in [5.41, 5.74) is 0. The molecule has 1 unspecified atom stereocenters. The minimum atomic E-state index is -2.62. The van der Waals surface area contributed by atoms with Gasteiger partial charge in [0, 0.05) is 0 Å². The van der Waals surface area contributed by atoms with Crippen molar-refractivity contribution in [2.24, 2.45) is 0 Å². The Balaban J connectivity index is 0. The lowest BCUT2D eigenvalue weighted by molar-refractivity contribution is -0.141. The molecule has 7 heteroatoms. The fraction of sp³-hybridized carbons (Fsp3) is 0.800. The molecule has 0 spiro atoms. The number of hydrogen-bond acceptors (Lipinski definition) is 5. The van der Waals surface area contributed by atoms with Gasteiger partial charge in [-0.2, -0.15) is 0 Å². The SMILES string of the molecule is CC(C(=O)O)N(C)C.OP(O)O. The molecule has 0 fully saturated rings. The van der Waals surface area contributed by atoms with Crippen molar-refractivity contribution in [2.75, 3.05) is 14.1 Å². The molecule has 4 N–H and O–H groups in total. The Labute approximate surface area is 72.1 Å². The van der Waals surface area contributed by atoms with Gasteiger partial charge in [0.05, 0.1) is 0 Å². The van der Waals surface area contributed by atoms with Crippen molar-refractivity contribution >= 4 is 14.6 Å². The Kier molecular flexibility index (Phi) is 8.79. The van der Waals surface area contributed by atoms with Gasteiger partial charge < -0.3 is 19.8 Å². The first-order valence-corrected chi connectivity index (χ1v) is 4.25. The highest BCUT2D eigenvalue weighted by Gasteiger charge is 2.11. The molecule has 0 heterocycles. The molecule has 0 aromatic rings. The summed E-state index contributed by atoms with van der Waals surface area (Å²) in [5.74, 6) is -0.782. The zero-order chi connectivity index (χ0) is 10.3. The molecule has 0 rings (SSSR count). The van der Waals surface area contributed by atoms with Crippen LogP contribution in [0.5, 0.6) is 0 Å². The first-order valence-electron chi connectivity index (χ1n) is 3.05. The summed E-state index contributed by atoms with van der Waals surface area (Å²) in [5, 5.41) is 8.31. The van der Waals surface area contributed by atoms with E-state index in [1.54, 1.807) is 25.9 Å². The third kappa shape index (κ3) is 12.4. The third-order valence-electron chi connectivity index (χ3n) is 1.13. The number of carbonyl (C=O) groups is 1. The van der Waals surface area contributed by atoms with Crippen LogP contribution in [0.4, 0.5) is 0 Å². The van der Waals surface area contributed by atoms with Gasteiger partial charge in [-0.3, -0.25) is 9.69 Å². The number of likely N-dealkylation sites (N-methyl/N-ethyl adjacent to an activating group) is 1. The fourth-order valence-electron chi connectivity index (χ4n) is 0.221. The zero-order valence-corrected chi connectivity index (χ0v) is 8.06. The van der Waals surface area contributed by atoms with Crippen molar-refractivity contribution in [1.29, 1.82) is 0 Å². The highest BCUT2D eigenvalue weighted by molar-refractivity contribution is 7.38. The fourth-order valence-corrected chi connectivity index (χ4v) is 0.221. The van der Waals surface area contributed by atoms with E-state index in [1.807, 2.05) is 0 Å². The van der Waals surface area contributed by atoms with Crippen molar-refractivity contribution in [1.82, 2.24) is 4.90 Å². The molecule has 0 aliphatic rings. The number of nitrogens with zero attached hydrogens (tertiary/aromatic N) is 1. The quantitative estimate of drug-likeness (QED) is 0.435. The van der Waals surface area contributed by atoms with Crippen LogP contribution in [0.25, 0.3) is 0 Å². The van der Waals surface area contributed by atoms with Gasteiger partial charge in [-0.25, -0.2) is 0 Å². The van der Waals surface area contributed by atoms with Crippen molar-refractivity contribution in [3.8, 4) is 0 Å². The maximum absolute atomic E-state index is 10.1. The molecule has 0 saturated heterocycles. The Bertz CT molecular complexity index is 126. The van der Waals surface area contributed by atoms with Gasteiger partial charge >= 0.3 is 14.6 Å². The second kappa shape index (κ2) is 7.39. The van der Waals surface area contributed by atoms with Crippen LogP contribution in [0.2, 0.25) is 0 Å². The summed E-state index contributed by atoms with van der Waals surface area (Å²) in [4.78, 5) is 33.4. The second-order valence-electron chi connectivity index (χ2n) is 2.25. The summed E-state index contributed by atoms with van der Waals surface area (Å²) < 4.78 is 0. The average Bonchev–Trinajstić information content (AvgIpc) is 1.84. The molecule has 6 nitrogen and oxygen atoms in total. The summed E-state index contributed by atoms with van der Waals surface area (Å²) in [6, 6.07) is -0.380. The molecule has 0 bridgehead atoms. The molecule has 0 radical (unpaired) electrons. The lowest BCUT2D eigenvalue weighted by Gasteiger charge is -2.13. The van der Waals surface area contributed by atoms with E-state index in [0.717, 1.165) is 0 Å². The smallest absolute Gasteiger partial charge is 0.324 e. The van der Waals surface area contributed by atoms with Gasteiger partial charge in [0.1, 0.15) is 6.04 Å². The monoisotopic (exact) mass is 199 g/mol. The highest BCUT2D eigenvalue weighted by Crippen LogP contribution is 2.11. The van der Waals surface area contributed by atoms with E-state index in [0.29, 0.717) is 0 Å². The maximum Gasteiger partial charge on any atom is 0.324 e. The van der Waals surface area contributed by atoms with Gasteiger partial charge in [-0.05, 0) is 21.0 Å². The van der Waals surface area contributed by atoms with Crippen LogP contribution in [0, 0.1) is 0 Å². The molecule has 0 saturated carbocycles. The molecular formula is C5H14NO5P. The van der Waals surface area contributed by atoms with Gasteiger partial charge in [-0.1, -0.05) is 0 Å². The van der Waals surface area contributed by atoms with E-state index < -0.39 is 14.6 Å². The van der Waals surface area contributed by atoms with E-state index in [1.165, 1.54) is 0 Å².